The summed E-state index contributed by atoms with van der Waals surface area (Å²) >= 11 is 0. The molecule has 11 heavy (non-hydrogen) atoms. The van der Waals surface area contributed by atoms with Crippen molar-refractivity contribution in [1.29, 1.82) is 5.41 Å². The molecular weight excluding hydrogens is 148 g/mol. The molecule has 0 aromatic carbocycles. The fourth-order valence-corrected chi connectivity index (χ4v) is 0.697. The maximum absolute atomic E-state index is 9.87. The third kappa shape index (κ3) is 3.39. The molecule has 0 aliphatic rings. The normalized spacial score (nSPS) is 8.91. The van der Waals surface area contributed by atoms with Crippen molar-refractivity contribution in [1.82, 2.24) is 10.3 Å². The first kappa shape index (κ1) is 9.67. The van der Waals surface area contributed by atoms with Crippen LogP contribution in [0.1, 0.15) is 13.8 Å². The average Bonchev–Trinajstić information content (AvgIpc) is 1.88. The average molecular weight is 160 g/mol. The Morgan fingerprint density at radius 3 is 2.36 bits per heavy atom. The van der Waals surface area contributed by atoms with Crippen LogP contribution >= 0.6 is 0 Å². The molecule has 0 aromatic rings. The molecule has 0 aromatic heterocycles. The number of rotatable bonds is 3. The molecule has 0 spiro atoms. The third-order valence-corrected chi connectivity index (χ3v) is 1.28. The maximum Gasteiger partial charge on any atom is 0.254 e. The van der Waals surface area contributed by atoms with Gasteiger partial charge in [0.15, 0.2) is 5.03 Å². The zero-order valence-corrected chi connectivity index (χ0v) is 6.63. The minimum Gasteiger partial charge on any atom is -0.339 e. The van der Waals surface area contributed by atoms with Crippen LogP contribution in [0.2, 0.25) is 0 Å². The third-order valence-electron chi connectivity index (χ3n) is 1.28. The van der Waals surface area contributed by atoms with Crippen LogP contribution in [0.15, 0.2) is 0 Å². The monoisotopic (exact) mass is 160 g/mol. The number of nitrogens with one attached hydrogen (secondary N) is 2. The first-order chi connectivity index (χ1) is 5.11. The van der Waals surface area contributed by atoms with E-state index in [1.807, 2.05) is 13.8 Å². The highest BCUT2D eigenvalue weighted by molar-refractivity contribution is 5.75. The van der Waals surface area contributed by atoms with Gasteiger partial charge in [-0.1, -0.05) is 5.43 Å². The molecule has 0 bridgehead atoms. The van der Waals surface area contributed by atoms with Gasteiger partial charge in [0.1, 0.15) is 0 Å². The van der Waals surface area contributed by atoms with Gasteiger partial charge in [0, 0.05) is 13.1 Å². The van der Waals surface area contributed by atoms with Crippen LogP contribution in [-0.2, 0) is 0 Å². The molecule has 0 heterocycles. The van der Waals surface area contributed by atoms with E-state index in [1.54, 1.807) is 10.3 Å². The summed E-state index contributed by atoms with van der Waals surface area (Å²) in [5.41, 5.74) is 1.78. The molecule has 6 heteroatoms. The summed E-state index contributed by atoms with van der Waals surface area (Å²) in [5.74, 6) is -0.167. The predicted octanol–water partition coefficient (Wildman–Crippen LogP) is 0.0443. The summed E-state index contributed by atoms with van der Waals surface area (Å²) in [6.07, 6.45) is 0. The van der Waals surface area contributed by atoms with Crippen molar-refractivity contribution in [2.75, 3.05) is 13.1 Å². The molecule has 0 saturated carbocycles. The Hall–Kier alpha value is -1.33. The van der Waals surface area contributed by atoms with Gasteiger partial charge in [0.25, 0.3) is 5.96 Å². The highest BCUT2D eigenvalue weighted by Gasteiger charge is 2.08. The van der Waals surface area contributed by atoms with Crippen LogP contribution in [0.25, 0.3) is 0 Å². The summed E-state index contributed by atoms with van der Waals surface area (Å²) in [5, 5.41) is 16.3. The van der Waals surface area contributed by atoms with Gasteiger partial charge in [0.05, 0.1) is 0 Å². The van der Waals surface area contributed by atoms with Crippen molar-refractivity contribution >= 4 is 5.96 Å². The highest BCUT2D eigenvalue weighted by atomic mass is 16.7. The van der Waals surface area contributed by atoms with Crippen LogP contribution in [0.3, 0.4) is 0 Å². The predicted molar refractivity (Wildman–Crippen MR) is 40.8 cm³/mol. The fraction of sp³-hybridized carbons (Fsp3) is 0.800. The van der Waals surface area contributed by atoms with E-state index >= 15 is 0 Å². The second-order valence-corrected chi connectivity index (χ2v) is 1.89. The Morgan fingerprint density at radius 2 is 2.09 bits per heavy atom. The summed E-state index contributed by atoms with van der Waals surface area (Å²) in [6.45, 7) is 4.85. The molecule has 0 amide bonds. The Morgan fingerprint density at radius 1 is 1.64 bits per heavy atom. The Kier molecular flexibility index (Phi) is 3.94. The number of hydrogen-bond donors (Lipinski definition) is 2. The van der Waals surface area contributed by atoms with E-state index in [0.29, 0.717) is 13.1 Å². The van der Waals surface area contributed by atoms with Crippen LogP contribution in [-0.4, -0.2) is 29.0 Å². The summed E-state index contributed by atoms with van der Waals surface area (Å²) in [4.78, 5) is 11.4. The van der Waals surface area contributed by atoms with E-state index in [0.717, 1.165) is 0 Å². The number of hydrazine groups is 1. The molecule has 6 nitrogen and oxygen atoms in total. The number of nitro groups is 1. The molecule has 0 aliphatic carbocycles. The van der Waals surface area contributed by atoms with Gasteiger partial charge in [-0.3, -0.25) is 5.41 Å². The van der Waals surface area contributed by atoms with Crippen molar-refractivity contribution in [3.8, 4) is 0 Å². The van der Waals surface area contributed by atoms with Crippen molar-refractivity contribution in [2.24, 2.45) is 0 Å². The first-order valence-electron chi connectivity index (χ1n) is 3.36. The van der Waals surface area contributed by atoms with Crippen molar-refractivity contribution in [3.63, 3.8) is 0 Å². The van der Waals surface area contributed by atoms with Crippen LogP contribution in [0.5, 0.6) is 0 Å². The standard InChI is InChI=1S/C5H12N4O2/c1-3-8(4-2)5(6)7-9(10)11/h3-4H2,1-2H3,(H2,6,7). The topological polar surface area (TPSA) is 82.3 Å². The van der Waals surface area contributed by atoms with Gasteiger partial charge >= 0.3 is 0 Å². The van der Waals surface area contributed by atoms with Gasteiger partial charge < -0.3 is 4.90 Å². The minimum atomic E-state index is -0.735. The summed E-state index contributed by atoms with van der Waals surface area (Å²) < 4.78 is 0. The van der Waals surface area contributed by atoms with Gasteiger partial charge in [-0.25, -0.2) is 10.1 Å². The van der Waals surface area contributed by atoms with Gasteiger partial charge in [-0.15, -0.1) is 0 Å². The Bertz CT molecular complexity index is 155. The zero-order valence-electron chi connectivity index (χ0n) is 6.63. The molecule has 0 aliphatic heterocycles. The Labute approximate surface area is 64.8 Å². The SMILES string of the molecule is CCN(CC)C(=N)N[N+](=O)[O-]. The lowest BCUT2D eigenvalue weighted by Gasteiger charge is -2.17. The summed E-state index contributed by atoms with van der Waals surface area (Å²) in [6, 6.07) is 0. The molecule has 0 radical (unpaired) electrons. The second kappa shape index (κ2) is 4.48. The Balaban J connectivity index is 3.89. The van der Waals surface area contributed by atoms with Gasteiger partial charge in [-0.2, -0.15) is 0 Å². The molecule has 0 fully saturated rings. The summed E-state index contributed by atoms with van der Waals surface area (Å²) in [7, 11) is 0. The fourth-order valence-electron chi connectivity index (χ4n) is 0.697. The van der Waals surface area contributed by atoms with Crippen molar-refractivity contribution < 1.29 is 5.03 Å². The quantitative estimate of drug-likeness (QED) is 0.264. The molecule has 0 rings (SSSR count). The van der Waals surface area contributed by atoms with Crippen molar-refractivity contribution in [2.45, 2.75) is 13.8 Å². The first-order valence-corrected chi connectivity index (χ1v) is 3.36. The molecule has 64 valence electrons. The number of guanidine groups is 1. The van der Waals surface area contributed by atoms with E-state index in [1.165, 1.54) is 0 Å². The maximum atomic E-state index is 9.87. The van der Waals surface area contributed by atoms with E-state index < -0.39 is 5.03 Å². The lowest BCUT2D eigenvalue weighted by Crippen LogP contribution is -2.42. The van der Waals surface area contributed by atoms with E-state index in [4.69, 9.17) is 5.41 Å². The minimum absolute atomic E-state index is 0.167. The van der Waals surface area contributed by atoms with Gasteiger partial charge in [-0.05, 0) is 13.8 Å². The van der Waals surface area contributed by atoms with Crippen LogP contribution in [0, 0.1) is 15.5 Å². The van der Waals surface area contributed by atoms with E-state index in [9.17, 15) is 10.1 Å². The van der Waals surface area contributed by atoms with Crippen LogP contribution < -0.4 is 5.43 Å². The molecule has 0 atom stereocenters. The largest absolute Gasteiger partial charge is 0.339 e. The molecule has 2 N–H and O–H groups in total. The van der Waals surface area contributed by atoms with E-state index in [2.05, 4.69) is 0 Å². The lowest BCUT2D eigenvalue weighted by molar-refractivity contribution is -0.526. The van der Waals surface area contributed by atoms with Gasteiger partial charge in [0.2, 0.25) is 0 Å². The van der Waals surface area contributed by atoms with Crippen LogP contribution in [0.4, 0.5) is 0 Å². The zero-order chi connectivity index (χ0) is 8.85. The van der Waals surface area contributed by atoms with E-state index in [-0.39, 0.29) is 5.96 Å². The molecule has 0 saturated heterocycles. The van der Waals surface area contributed by atoms with Crippen molar-refractivity contribution in [3.05, 3.63) is 10.1 Å². The second-order valence-electron chi connectivity index (χ2n) is 1.89. The molecule has 0 unspecified atom stereocenters. The number of nitrogens with zero attached hydrogens (tertiary/aromatic N) is 2. The smallest absolute Gasteiger partial charge is 0.254 e. The molecular formula is C5H12N4O2. The lowest BCUT2D eigenvalue weighted by atomic mass is 10.5. The number of hydrogen-bond acceptors (Lipinski definition) is 3. The highest BCUT2D eigenvalue weighted by Crippen LogP contribution is 1.84.